The van der Waals surface area contributed by atoms with Gasteiger partial charge >= 0.3 is 5.97 Å². The molecule has 0 aliphatic carbocycles. The van der Waals surface area contributed by atoms with Crippen LogP contribution in [0.1, 0.15) is 26.2 Å². The lowest BCUT2D eigenvalue weighted by Gasteiger charge is -2.24. The molecule has 0 bridgehead atoms. The molecule has 4 amide bonds. The van der Waals surface area contributed by atoms with E-state index < -0.39 is 60.4 Å². The van der Waals surface area contributed by atoms with Crippen LogP contribution >= 0.6 is 11.8 Å². The topological polar surface area (TPSA) is 214 Å². The minimum Gasteiger partial charge on any atom is -0.480 e. The van der Waals surface area contributed by atoms with E-state index in [1.54, 1.807) is 6.26 Å². The molecule has 0 saturated heterocycles. The smallest absolute Gasteiger partial charge is 0.328 e. The highest BCUT2D eigenvalue weighted by molar-refractivity contribution is 7.98. The fourth-order valence-electron chi connectivity index (χ4n) is 2.09. The number of aliphatic carboxylic acids is 1. The maximum atomic E-state index is 12.6. The third kappa shape index (κ3) is 10.7. The number of nitrogens with two attached hydrogens (primary N) is 2. The highest BCUT2D eigenvalue weighted by Crippen LogP contribution is 2.05. The van der Waals surface area contributed by atoms with Crippen molar-refractivity contribution < 1.29 is 34.2 Å². The Hall–Kier alpha value is -2.38. The number of carboxylic acids is 1. The first-order valence-corrected chi connectivity index (χ1v) is 10.2. The molecule has 4 atom stereocenters. The molecule has 12 nitrogen and oxygen atoms in total. The SMILES string of the molecule is CSCCC(NC(=O)C(CCC(N)=O)NC(=O)C(C)N)C(=O)NC(CO)C(=O)O. The second-order valence-electron chi connectivity index (χ2n) is 6.28. The van der Waals surface area contributed by atoms with Gasteiger partial charge in [-0.3, -0.25) is 19.2 Å². The van der Waals surface area contributed by atoms with Crippen LogP contribution in [-0.2, 0) is 24.0 Å². The minimum absolute atomic E-state index is 0.106. The number of carbonyl (C=O) groups excluding carboxylic acids is 4. The Balaban J connectivity index is 5.31. The van der Waals surface area contributed by atoms with Crippen LogP contribution in [0.4, 0.5) is 0 Å². The zero-order valence-electron chi connectivity index (χ0n) is 16.3. The lowest BCUT2D eigenvalue weighted by molar-refractivity contribution is -0.143. The highest BCUT2D eigenvalue weighted by Gasteiger charge is 2.29. The van der Waals surface area contributed by atoms with Crippen molar-refractivity contribution in [1.82, 2.24) is 16.0 Å². The standard InChI is InChI=1S/C16H29N5O7S/c1-8(17)13(24)19-9(3-4-12(18)23)14(25)20-10(5-6-29-2)15(26)21-11(7-22)16(27)28/h8-11,22H,3-7,17H2,1-2H3,(H2,18,23)(H,19,24)(H,20,25)(H,21,26)(H,27,28). The first-order valence-electron chi connectivity index (χ1n) is 8.81. The third-order valence-electron chi connectivity index (χ3n) is 3.77. The maximum Gasteiger partial charge on any atom is 0.328 e. The summed E-state index contributed by atoms with van der Waals surface area (Å²) in [4.78, 5) is 58.9. The number of rotatable bonds is 14. The molecule has 166 valence electrons. The molecule has 29 heavy (non-hydrogen) atoms. The third-order valence-corrected chi connectivity index (χ3v) is 4.41. The molecule has 0 rings (SSSR count). The number of aliphatic hydroxyl groups excluding tert-OH is 1. The first-order chi connectivity index (χ1) is 13.5. The van der Waals surface area contributed by atoms with Gasteiger partial charge in [0.05, 0.1) is 12.6 Å². The number of nitrogens with one attached hydrogen (secondary N) is 3. The van der Waals surface area contributed by atoms with Gasteiger partial charge in [0.1, 0.15) is 18.1 Å². The molecular formula is C16H29N5O7S. The minimum atomic E-state index is -1.53. The summed E-state index contributed by atoms with van der Waals surface area (Å²) in [7, 11) is 0. The van der Waals surface area contributed by atoms with E-state index in [0.717, 1.165) is 0 Å². The Kier molecular flexibility index (Phi) is 12.6. The average molecular weight is 436 g/mol. The van der Waals surface area contributed by atoms with Gasteiger partial charge in [-0.15, -0.1) is 0 Å². The molecule has 0 aromatic carbocycles. The second-order valence-corrected chi connectivity index (χ2v) is 7.27. The maximum absolute atomic E-state index is 12.6. The van der Waals surface area contributed by atoms with Crippen LogP contribution in [0, 0.1) is 0 Å². The van der Waals surface area contributed by atoms with E-state index >= 15 is 0 Å². The van der Waals surface area contributed by atoms with E-state index in [1.807, 2.05) is 0 Å². The summed E-state index contributed by atoms with van der Waals surface area (Å²) in [5.74, 6) is -3.83. The van der Waals surface area contributed by atoms with Crippen LogP contribution in [0.25, 0.3) is 0 Å². The molecule has 0 saturated carbocycles. The summed E-state index contributed by atoms with van der Waals surface area (Å²) in [5, 5.41) is 25.0. The van der Waals surface area contributed by atoms with E-state index in [0.29, 0.717) is 5.75 Å². The molecule has 9 N–H and O–H groups in total. The van der Waals surface area contributed by atoms with Gasteiger partial charge in [-0.25, -0.2) is 4.79 Å². The molecule has 0 fully saturated rings. The number of amides is 4. The fourth-order valence-corrected chi connectivity index (χ4v) is 2.56. The quantitative estimate of drug-likeness (QED) is 0.147. The Morgan fingerprint density at radius 1 is 0.931 bits per heavy atom. The van der Waals surface area contributed by atoms with Gasteiger partial charge in [0, 0.05) is 6.42 Å². The average Bonchev–Trinajstić information content (AvgIpc) is 2.64. The Morgan fingerprint density at radius 3 is 1.83 bits per heavy atom. The highest BCUT2D eigenvalue weighted by atomic mass is 32.2. The van der Waals surface area contributed by atoms with Crippen LogP contribution in [0.15, 0.2) is 0 Å². The predicted molar refractivity (Wildman–Crippen MR) is 106 cm³/mol. The van der Waals surface area contributed by atoms with Crippen LogP contribution < -0.4 is 27.4 Å². The van der Waals surface area contributed by atoms with E-state index in [2.05, 4.69) is 16.0 Å². The van der Waals surface area contributed by atoms with Gasteiger partial charge in [0.15, 0.2) is 0 Å². The molecule has 4 unspecified atom stereocenters. The van der Waals surface area contributed by atoms with Crippen molar-refractivity contribution in [3.8, 4) is 0 Å². The lowest BCUT2D eigenvalue weighted by atomic mass is 10.1. The van der Waals surface area contributed by atoms with Crippen molar-refractivity contribution in [2.75, 3.05) is 18.6 Å². The number of hydrogen-bond donors (Lipinski definition) is 7. The number of primary amides is 1. The number of thioether (sulfide) groups is 1. The molecule has 0 aromatic rings. The number of carboxylic acid groups (broad SMARTS) is 1. The zero-order valence-corrected chi connectivity index (χ0v) is 17.2. The Labute approximate surface area is 172 Å². The summed E-state index contributed by atoms with van der Waals surface area (Å²) >= 11 is 1.40. The zero-order chi connectivity index (χ0) is 22.6. The van der Waals surface area contributed by atoms with Crippen molar-refractivity contribution in [2.24, 2.45) is 11.5 Å². The normalized spacial score (nSPS) is 14.8. The molecule has 0 aromatic heterocycles. The van der Waals surface area contributed by atoms with E-state index in [-0.39, 0.29) is 19.3 Å². The van der Waals surface area contributed by atoms with Gasteiger partial charge in [-0.2, -0.15) is 11.8 Å². The van der Waals surface area contributed by atoms with Crippen LogP contribution in [0.2, 0.25) is 0 Å². The van der Waals surface area contributed by atoms with E-state index in [1.165, 1.54) is 18.7 Å². The lowest BCUT2D eigenvalue weighted by Crippen LogP contribution is -2.57. The van der Waals surface area contributed by atoms with Crippen molar-refractivity contribution >= 4 is 41.4 Å². The molecular weight excluding hydrogens is 406 g/mol. The second kappa shape index (κ2) is 13.7. The summed E-state index contributed by atoms with van der Waals surface area (Å²) < 4.78 is 0. The predicted octanol–water partition coefficient (Wildman–Crippen LogP) is -3.12. The van der Waals surface area contributed by atoms with Crippen molar-refractivity contribution in [2.45, 2.75) is 50.4 Å². The van der Waals surface area contributed by atoms with Crippen LogP contribution in [0.5, 0.6) is 0 Å². The molecule has 0 heterocycles. The Morgan fingerprint density at radius 2 is 1.41 bits per heavy atom. The van der Waals surface area contributed by atoms with Gasteiger partial charge in [-0.05, 0) is 31.8 Å². The van der Waals surface area contributed by atoms with E-state index in [4.69, 9.17) is 21.7 Å². The van der Waals surface area contributed by atoms with Crippen molar-refractivity contribution in [1.29, 1.82) is 0 Å². The summed E-state index contributed by atoms with van der Waals surface area (Å²) in [6, 6.07) is -4.72. The van der Waals surface area contributed by atoms with E-state index in [9.17, 15) is 24.0 Å². The first kappa shape index (κ1) is 26.6. The molecule has 0 spiro atoms. The summed E-state index contributed by atoms with van der Waals surface area (Å²) in [5.41, 5.74) is 10.6. The van der Waals surface area contributed by atoms with Gasteiger partial charge in [0.2, 0.25) is 23.6 Å². The van der Waals surface area contributed by atoms with Gasteiger partial charge in [-0.1, -0.05) is 0 Å². The summed E-state index contributed by atoms with van der Waals surface area (Å²) in [6.45, 7) is 0.587. The fraction of sp³-hybridized carbons (Fsp3) is 0.688. The monoisotopic (exact) mass is 435 g/mol. The van der Waals surface area contributed by atoms with Crippen molar-refractivity contribution in [3.63, 3.8) is 0 Å². The van der Waals surface area contributed by atoms with Crippen LogP contribution in [-0.4, -0.2) is 82.6 Å². The molecule has 0 aliphatic heterocycles. The summed E-state index contributed by atoms with van der Waals surface area (Å²) in [6.07, 6.45) is 1.65. The molecule has 0 radical (unpaired) electrons. The largest absolute Gasteiger partial charge is 0.480 e. The number of carbonyl (C=O) groups is 5. The van der Waals surface area contributed by atoms with Gasteiger partial charge in [0.25, 0.3) is 0 Å². The van der Waals surface area contributed by atoms with Crippen LogP contribution in [0.3, 0.4) is 0 Å². The molecule has 0 aliphatic rings. The molecule has 13 heteroatoms. The Bertz CT molecular complexity index is 602. The number of hydrogen-bond acceptors (Lipinski definition) is 8. The number of aliphatic hydroxyl groups is 1. The van der Waals surface area contributed by atoms with Crippen molar-refractivity contribution in [3.05, 3.63) is 0 Å². The van der Waals surface area contributed by atoms with Gasteiger partial charge < -0.3 is 37.6 Å².